The predicted octanol–water partition coefficient (Wildman–Crippen LogP) is 0.777. The molecule has 0 unspecified atom stereocenters. The molecule has 0 aliphatic carbocycles. The maximum Gasteiger partial charge on any atom is 0.330 e. The van der Waals surface area contributed by atoms with Gasteiger partial charge in [-0.15, -0.1) is 5.10 Å². The van der Waals surface area contributed by atoms with Crippen LogP contribution in [0.25, 0.3) is 0 Å². The fourth-order valence-electron chi connectivity index (χ4n) is 1.12. The molecule has 7 nitrogen and oxygen atoms in total. The zero-order valence-corrected chi connectivity index (χ0v) is 8.77. The van der Waals surface area contributed by atoms with Crippen LogP contribution in [0, 0.1) is 10.1 Å². The topological polar surface area (TPSA) is 82.2 Å². The lowest BCUT2D eigenvalue weighted by atomic mass is 10.5. The Bertz CT molecular complexity index is 337. The molecule has 0 saturated carbocycles. The van der Waals surface area contributed by atoms with Crippen LogP contribution in [0.1, 0.15) is 6.92 Å². The van der Waals surface area contributed by atoms with Crippen LogP contribution in [-0.4, -0.2) is 34.5 Å². The van der Waals surface area contributed by atoms with Gasteiger partial charge in [0.1, 0.15) is 6.20 Å². The summed E-state index contributed by atoms with van der Waals surface area (Å²) in [6.07, 6.45) is 1.36. The van der Waals surface area contributed by atoms with Gasteiger partial charge in [0.2, 0.25) is 5.82 Å². The molecule has 1 aromatic rings. The Morgan fingerprint density at radius 1 is 1.73 bits per heavy atom. The molecular formula is C8H14N4O3. The van der Waals surface area contributed by atoms with Crippen molar-refractivity contribution in [2.24, 2.45) is 7.05 Å². The zero-order chi connectivity index (χ0) is 11.3. The number of anilines is 1. The summed E-state index contributed by atoms with van der Waals surface area (Å²) in [5.74, 6) is 0.280. The standard InChI is InChI=1S/C8H14N4O3/c1-3-15-5-4-9-8-7(12(13)14)6-11(2)10-8/h6H,3-5H2,1-2H3,(H,9,10). The molecule has 1 rings (SSSR count). The van der Waals surface area contributed by atoms with Gasteiger partial charge in [0.15, 0.2) is 0 Å². The van der Waals surface area contributed by atoms with Crippen molar-refractivity contribution in [3.63, 3.8) is 0 Å². The second-order valence-electron chi connectivity index (χ2n) is 2.92. The van der Waals surface area contributed by atoms with Gasteiger partial charge in [-0.3, -0.25) is 14.8 Å². The molecule has 0 spiro atoms. The van der Waals surface area contributed by atoms with Gasteiger partial charge >= 0.3 is 5.69 Å². The zero-order valence-electron chi connectivity index (χ0n) is 8.77. The van der Waals surface area contributed by atoms with Gasteiger partial charge in [0, 0.05) is 20.2 Å². The first-order valence-corrected chi connectivity index (χ1v) is 4.64. The third-order valence-corrected chi connectivity index (χ3v) is 1.75. The van der Waals surface area contributed by atoms with Gasteiger partial charge in [0.25, 0.3) is 0 Å². The minimum Gasteiger partial charge on any atom is -0.380 e. The van der Waals surface area contributed by atoms with Gasteiger partial charge in [-0.2, -0.15) is 0 Å². The number of nitrogens with one attached hydrogen (secondary N) is 1. The molecular weight excluding hydrogens is 200 g/mol. The van der Waals surface area contributed by atoms with E-state index >= 15 is 0 Å². The quantitative estimate of drug-likeness (QED) is 0.430. The van der Waals surface area contributed by atoms with Gasteiger partial charge in [-0.05, 0) is 6.92 Å². The minimum atomic E-state index is -0.462. The molecule has 0 fully saturated rings. The van der Waals surface area contributed by atoms with Crippen molar-refractivity contribution in [3.8, 4) is 0 Å². The second-order valence-corrected chi connectivity index (χ2v) is 2.92. The van der Waals surface area contributed by atoms with E-state index in [0.717, 1.165) is 0 Å². The van der Waals surface area contributed by atoms with E-state index < -0.39 is 4.92 Å². The Morgan fingerprint density at radius 2 is 2.47 bits per heavy atom. The highest BCUT2D eigenvalue weighted by Gasteiger charge is 2.17. The average molecular weight is 214 g/mol. The first-order valence-electron chi connectivity index (χ1n) is 4.64. The molecule has 1 aromatic heterocycles. The third kappa shape index (κ3) is 3.21. The summed E-state index contributed by atoms with van der Waals surface area (Å²) in [5.41, 5.74) is -0.0194. The maximum absolute atomic E-state index is 10.6. The van der Waals surface area contributed by atoms with Crippen LogP contribution in [-0.2, 0) is 11.8 Å². The van der Waals surface area contributed by atoms with Gasteiger partial charge < -0.3 is 10.1 Å². The van der Waals surface area contributed by atoms with Gasteiger partial charge in [-0.25, -0.2) is 0 Å². The van der Waals surface area contributed by atoms with Crippen molar-refractivity contribution >= 4 is 11.5 Å². The van der Waals surface area contributed by atoms with Crippen LogP contribution >= 0.6 is 0 Å². The summed E-state index contributed by atoms with van der Waals surface area (Å²) in [6, 6.07) is 0. The normalized spacial score (nSPS) is 10.3. The molecule has 0 aromatic carbocycles. The van der Waals surface area contributed by atoms with Crippen molar-refractivity contribution < 1.29 is 9.66 Å². The summed E-state index contributed by atoms with van der Waals surface area (Å²) in [5, 5.41) is 17.4. The Labute approximate surface area is 87.2 Å². The molecule has 1 heterocycles. The van der Waals surface area contributed by atoms with Crippen molar-refractivity contribution in [2.45, 2.75) is 6.92 Å². The molecule has 7 heteroatoms. The Balaban J connectivity index is 2.55. The second kappa shape index (κ2) is 5.30. The molecule has 0 atom stereocenters. The summed E-state index contributed by atoms with van der Waals surface area (Å²) in [7, 11) is 1.64. The molecule has 1 N–H and O–H groups in total. The number of nitrogens with zero attached hydrogens (tertiary/aromatic N) is 3. The Kier molecular flexibility index (Phi) is 4.04. The summed E-state index contributed by atoms with van der Waals surface area (Å²) >= 11 is 0. The van der Waals surface area contributed by atoms with Crippen LogP contribution in [0.3, 0.4) is 0 Å². The summed E-state index contributed by atoms with van der Waals surface area (Å²) in [6.45, 7) is 3.53. The van der Waals surface area contributed by atoms with E-state index in [1.807, 2.05) is 6.92 Å². The molecule has 0 bridgehead atoms. The highest BCUT2D eigenvalue weighted by Crippen LogP contribution is 2.20. The van der Waals surface area contributed by atoms with E-state index in [0.29, 0.717) is 19.8 Å². The first kappa shape index (κ1) is 11.4. The number of hydrogen-bond acceptors (Lipinski definition) is 5. The van der Waals surface area contributed by atoms with E-state index in [9.17, 15) is 10.1 Å². The highest BCUT2D eigenvalue weighted by atomic mass is 16.6. The number of hydrogen-bond donors (Lipinski definition) is 1. The summed E-state index contributed by atoms with van der Waals surface area (Å²) in [4.78, 5) is 10.1. The molecule has 0 amide bonds. The van der Waals surface area contributed by atoms with Crippen LogP contribution in [0.5, 0.6) is 0 Å². The fraction of sp³-hybridized carbons (Fsp3) is 0.625. The average Bonchev–Trinajstić information content (AvgIpc) is 2.55. The van der Waals surface area contributed by atoms with Crippen molar-refractivity contribution in [3.05, 3.63) is 16.3 Å². The molecule has 84 valence electrons. The van der Waals surface area contributed by atoms with Crippen LogP contribution in [0.4, 0.5) is 11.5 Å². The van der Waals surface area contributed by atoms with Gasteiger partial charge in [0.05, 0.1) is 11.5 Å². The van der Waals surface area contributed by atoms with E-state index in [2.05, 4.69) is 10.4 Å². The van der Waals surface area contributed by atoms with Gasteiger partial charge in [-0.1, -0.05) is 0 Å². The van der Waals surface area contributed by atoms with Crippen molar-refractivity contribution in [2.75, 3.05) is 25.1 Å². The highest BCUT2D eigenvalue weighted by molar-refractivity contribution is 5.54. The predicted molar refractivity (Wildman–Crippen MR) is 54.8 cm³/mol. The molecule has 0 saturated heterocycles. The van der Waals surface area contributed by atoms with Crippen molar-refractivity contribution in [1.82, 2.24) is 9.78 Å². The lowest BCUT2D eigenvalue weighted by Gasteiger charge is -2.02. The third-order valence-electron chi connectivity index (χ3n) is 1.75. The SMILES string of the molecule is CCOCCNc1nn(C)cc1[N+](=O)[O-]. The fourth-order valence-corrected chi connectivity index (χ4v) is 1.12. The molecule has 0 aliphatic rings. The maximum atomic E-state index is 10.6. The summed E-state index contributed by atoms with van der Waals surface area (Å²) < 4.78 is 6.50. The van der Waals surface area contributed by atoms with Crippen molar-refractivity contribution in [1.29, 1.82) is 0 Å². The van der Waals surface area contributed by atoms with E-state index in [4.69, 9.17) is 4.74 Å². The Morgan fingerprint density at radius 3 is 3.07 bits per heavy atom. The van der Waals surface area contributed by atoms with E-state index in [1.54, 1.807) is 7.05 Å². The lowest BCUT2D eigenvalue weighted by molar-refractivity contribution is -0.384. The van der Waals surface area contributed by atoms with Crippen LogP contribution < -0.4 is 5.32 Å². The first-order chi connectivity index (χ1) is 7.15. The Hall–Kier alpha value is -1.63. The smallest absolute Gasteiger partial charge is 0.330 e. The molecule has 15 heavy (non-hydrogen) atoms. The molecule has 0 radical (unpaired) electrons. The number of rotatable bonds is 6. The van der Waals surface area contributed by atoms with Crippen LogP contribution in [0.15, 0.2) is 6.20 Å². The monoisotopic (exact) mass is 214 g/mol. The van der Waals surface area contributed by atoms with E-state index in [1.165, 1.54) is 10.9 Å². The lowest BCUT2D eigenvalue weighted by Crippen LogP contribution is -2.10. The van der Waals surface area contributed by atoms with Crippen LogP contribution in [0.2, 0.25) is 0 Å². The molecule has 0 aliphatic heterocycles. The number of ether oxygens (including phenoxy) is 1. The largest absolute Gasteiger partial charge is 0.380 e. The number of aromatic nitrogens is 2. The minimum absolute atomic E-state index is 0.0194. The number of nitro groups is 1. The number of aryl methyl sites for hydroxylation is 1. The van der Waals surface area contributed by atoms with E-state index in [-0.39, 0.29) is 11.5 Å².